The summed E-state index contributed by atoms with van der Waals surface area (Å²) in [4.78, 5) is 22.0. The maximum Gasteiger partial charge on any atom is 0.303 e. The molecular weight excluding hydrogens is 261 g/mol. The van der Waals surface area contributed by atoms with Crippen molar-refractivity contribution in [3.8, 4) is 0 Å². The molecule has 2 N–H and O–H groups in total. The number of aliphatic carboxylic acids is 1. The number of carboxylic acid groups (broad SMARTS) is 1. The van der Waals surface area contributed by atoms with Gasteiger partial charge in [-0.1, -0.05) is 12.1 Å². The highest BCUT2D eigenvalue weighted by molar-refractivity contribution is 5.80. The Hall–Kier alpha value is -1.91. The maximum atomic E-state index is 12.9. The molecule has 0 heterocycles. The van der Waals surface area contributed by atoms with Crippen LogP contribution in [0.15, 0.2) is 24.3 Å². The van der Waals surface area contributed by atoms with Crippen LogP contribution in [-0.4, -0.2) is 23.0 Å². The quantitative estimate of drug-likeness (QED) is 0.870. The Morgan fingerprint density at radius 3 is 2.55 bits per heavy atom. The summed E-state index contributed by atoms with van der Waals surface area (Å²) in [6.45, 7) is 0. The van der Waals surface area contributed by atoms with Gasteiger partial charge in [-0.2, -0.15) is 0 Å². The topological polar surface area (TPSA) is 66.4 Å². The van der Waals surface area contributed by atoms with Gasteiger partial charge in [0.15, 0.2) is 0 Å². The summed E-state index contributed by atoms with van der Waals surface area (Å²) < 4.78 is 12.9. The van der Waals surface area contributed by atoms with Gasteiger partial charge in [-0.3, -0.25) is 9.59 Å². The second kappa shape index (κ2) is 6.50. The normalized spacial score (nSPS) is 21.6. The summed E-state index contributed by atoms with van der Waals surface area (Å²) in [6.07, 6.45) is 2.54. The zero-order chi connectivity index (χ0) is 14.5. The number of halogens is 1. The number of nitrogens with one attached hydrogen (secondary N) is 1. The minimum absolute atomic E-state index is 0.0209. The monoisotopic (exact) mass is 279 g/mol. The fourth-order valence-electron chi connectivity index (χ4n) is 2.67. The molecule has 0 saturated heterocycles. The number of carbonyl (C=O) groups is 2. The van der Waals surface area contributed by atoms with E-state index in [9.17, 15) is 14.0 Å². The number of hydrogen-bond donors (Lipinski definition) is 2. The molecule has 1 aromatic carbocycles. The minimum atomic E-state index is -0.962. The molecule has 0 bridgehead atoms. The average Bonchev–Trinajstić information content (AvgIpc) is 2.85. The molecule has 2 unspecified atom stereocenters. The van der Waals surface area contributed by atoms with Crippen LogP contribution < -0.4 is 5.32 Å². The van der Waals surface area contributed by atoms with E-state index in [1.54, 1.807) is 12.1 Å². The van der Waals surface area contributed by atoms with Crippen molar-refractivity contribution >= 4 is 11.9 Å². The van der Waals surface area contributed by atoms with E-state index in [-0.39, 0.29) is 30.6 Å². The summed E-state index contributed by atoms with van der Waals surface area (Å²) in [7, 11) is 0. The third-order valence-electron chi connectivity index (χ3n) is 3.71. The molecule has 1 saturated carbocycles. The molecule has 5 heteroatoms. The van der Waals surface area contributed by atoms with Crippen molar-refractivity contribution in [1.29, 1.82) is 0 Å². The lowest BCUT2D eigenvalue weighted by Gasteiger charge is -2.13. The van der Waals surface area contributed by atoms with Gasteiger partial charge in [0.2, 0.25) is 5.91 Å². The third kappa shape index (κ3) is 4.05. The van der Waals surface area contributed by atoms with Gasteiger partial charge in [0.1, 0.15) is 5.82 Å². The third-order valence-corrected chi connectivity index (χ3v) is 3.71. The van der Waals surface area contributed by atoms with Crippen molar-refractivity contribution in [2.45, 2.75) is 44.1 Å². The molecule has 2 rings (SSSR count). The van der Waals surface area contributed by atoms with Gasteiger partial charge in [0.25, 0.3) is 0 Å². The smallest absolute Gasteiger partial charge is 0.303 e. The van der Waals surface area contributed by atoms with Crippen LogP contribution in [-0.2, 0) is 9.59 Å². The highest BCUT2D eigenvalue weighted by atomic mass is 19.1. The van der Waals surface area contributed by atoms with E-state index in [1.165, 1.54) is 12.1 Å². The molecule has 0 aromatic heterocycles. The first-order chi connectivity index (χ1) is 9.54. The van der Waals surface area contributed by atoms with Crippen LogP contribution in [0.4, 0.5) is 4.39 Å². The highest BCUT2D eigenvalue weighted by Crippen LogP contribution is 2.34. The molecular formula is C15H18FNO3. The van der Waals surface area contributed by atoms with Crippen molar-refractivity contribution in [1.82, 2.24) is 5.32 Å². The molecule has 2 atom stereocenters. The molecule has 1 aliphatic rings. The van der Waals surface area contributed by atoms with E-state index in [0.717, 1.165) is 24.8 Å². The molecule has 108 valence electrons. The van der Waals surface area contributed by atoms with Crippen LogP contribution in [0.3, 0.4) is 0 Å². The Kier molecular flexibility index (Phi) is 4.71. The lowest BCUT2D eigenvalue weighted by molar-refractivity contribution is -0.138. The van der Waals surface area contributed by atoms with Crippen LogP contribution in [0.25, 0.3) is 0 Å². The zero-order valence-electron chi connectivity index (χ0n) is 11.1. The molecule has 0 spiro atoms. The maximum absolute atomic E-state index is 12.9. The van der Waals surface area contributed by atoms with Gasteiger partial charge in [0, 0.05) is 12.5 Å². The Morgan fingerprint density at radius 2 is 1.90 bits per heavy atom. The molecule has 20 heavy (non-hydrogen) atoms. The first kappa shape index (κ1) is 14.5. The first-order valence-electron chi connectivity index (χ1n) is 6.81. The Morgan fingerprint density at radius 1 is 1.20 bits per heavy atom. The lowest BCUT2D eigenvalue weighted by Crippen LogP contribution is -2.33. The van der Waals surface area contributed by atoms with E-state index >= 15 is 0 Å². The lowest BCUT2D eigenvalue weighted by atomic mass is 9.97. The SMILES string of the molecule is O=C(O)CCC(=O)NC1CCC(c2ccc(F)cc2)C1. The molecule has 1 aromatic rings. The summed E-state index contributed by atoms with van der Waals surface area (Å²) in [5.74, 6) is -1.08. The van der Waals surface area contributed by atoms with Crippen molar-refractivity contribution < 1.29 is 19.1 Å². The summed E-state index contributed by atoms with van der Waals surface area (Å²) in [5, 5.41) is 11.4. The summed E-state index contributed by atoms with van der Waals surface area (Å²) in [6, 6.07) is 6.57. The number of benzene rings is 1. The molecule has 1 fully saturated rings. The van der Waals surface area contributed by atoms with Gasteiger partial charge in [-0.15, -0.1) is 0 Å². The Bertz CT molecular complexity index is 486. The number of hydrogen-bond acceptors (Lipinski definition) is 2. The van der Waals surface area contributed by atoms with Crippen LogP contribution in [0, 0.1) is 5.82 Å². The highest BCUT2D eigenvalue weighted by Gasteiger charge is 2.26. The largest absolute Gasteiger partial charge is 0.481 e. The van der Waals surface area contributed by atoms with Crippen LogP contribution in [0.2, 0.25) is 0 Å². The molecule has 4 nitrogen and oxygen atoms in total. The van der Waals surface area contributed by atoms with Gasteiger partial charge in [0.05, 0.1) is 6.42 Å². The van der Waals surface area contributed by atoms with Gasteiger partial charge in [-0.05, 0) is 42.9 Å². The summed E-state index contributed by atoms with van der Waals surface area (Å²) >= 11 is 0. The fourth-order valence-corrected chi connectivity index (χ4v) is 2.67. The van der Waals surface area contributed by atoms with Crippen molar-refractivity contribution in [2.24, 2.45) is 0 Å². The van der Waals surface area contributed by atoms with E-state index in [4.69, 9.17) is 5.11 Å². The van der Waals surface area contributed by atoms with Crippen LogP contribution >= 0.6 is 0 Å². The fraction of sp³-hybridized carbons (Fsp3) is 0.467. The van der Waals surface area contributed by atoms with Gasteiger partial charge < -0.3 is 10.4 Å². The number of amides is 1. The van der Waals surface area contributed by atoms with Gasteiger partial charge in [-0.25, -0.2) is 4.39 Å². The number of rotatable bonds is 5. The second-order valence-corrected chi connectivity index (χ2v) is 5.22. The zero-order valence-corrected chi connectivity index (χ0v) is 11.1. The summed E-state index contributed by atoms with van der Waals surface area (Å²) in [5.41, 5.74) is 1.09. The van der Waals surface area contributed by atoms with Crippen molar-refractivity contribution in [2.75, 3.05) is 0 Å². The second-order valence-electron chi connectivity index (χ2n) is 5.22. The van der Waals surface area contributed by atoms with Gasteiger partial charge >= 0.3 is 5.97 Å². The van der Waals surface area contributed by atoms with E-state index in [2.05, 4.69) is 5.32 Å². The minimum Gasteiger partial charge on any atom is -0.481 e. The molecule has 1 aliphatic carbocycles. The standard InChI is InChI=1S/C15H18FNO3/c16-12-4-1-10(2-5-12)11-3-6-13(9-11)17-14(18)7-8-15(19)20/h1-2,4-5,11,13H,3,6-9H2,(H,17,18)(H,19,20). The first-order valence-corrected chi connectivity index (χ1v) is 6.81. The predicted octanol–water partition coefficient (Wildman–Crippen LogP) is 2.44. The number of carbonyl (C=O) groups excluding carboxylic acids is 1. The van der Waals surface area contributed by atoms with Crippen molar-refractivity contribution in [3.63, 3.8) is 0 Å². The van der Waals surface area contributed by atoms with E-state index < -0.39 is 5.97 Å². The number of carboxylic acids is 1. The Balaban J connectivity index is 1.81. The molecule has 0 aliphatic heterocycles. The van der Waals surface area contributed by atoms with Crippen LogP contribution in [0.5, 0.6) is 0 Å². The Labute approximate surface area is 117 Å². The van der Waals surface area contributed by atoms with Crippen LogP contribution in [0.1, 0.15) is 43.6 Å². The molecule has 0 radical (unpaired) electrons. The van der Waals surface area contributed by atoms with E-state index in [0.29, 0.717) is 5.92 Å². The predicted molar refractivity (Wildman–Crippen MR) is 71.8 cm³/mol. The average molecular weight is 279 g/mol. The molecule has 1 amide bonds. The van der Waals surface area contributed by atoms with Crippen molar-refractivity contribution in [3.05, 3.63) is 35.6 Å². The van der Waals surface area contributed by atoms with E-state index in [1.807, 2.05) is 0 Å².